The van der Waals surface area contributed by atoms with E-state index in [1.54, 1.807) is 0 Å². The normalized spacial score (nSPS) is 36.0. The number of hydrogen-bond donors (Lipinski definition) is 2. The zero-order valence-corrected chi connectivity index (χ0v) is 7.43. The Hall–Kier alpha value is 0.500. The largest absolute Gasteiger partial charge is 0.315 e. The maximum atomic E-state index is 3.46. The van der Waals surface area contributed by atoms with E-state index >= 15 is 0 Å². The number of fused-ring (bicyclic) bond motifs is 1. The number of rotatable bonds is 0. The molecule has 0 saturated carbocycles. The van der Waals surface area contributed by atoms with Crippen LogP contribution in [0.25, 0.3) is 0 Å². The lowest BCUT2D eigenvalue weighted by Crippen LogP contribution is -2.27. The second-order valence-corrected chi connectivity index (χ2v) is 2.77. The van der Waals surface area contributed by atoms with E-state index < -0.39 is 0 Å². The Morgan fingerprint density at radius 3 is 2.60 bits per heavy atom. The van der Waals surface area contributed by atoms with Crippen molar-refractivity contribution in [3.8, 4) is 0 Å². The molecule has 2 aliphatic heterocycles. The van der Waals surface area contributed by atoms with E-state index in [1.807, 2.05) is 0 Å². The van der Waals surface area contributed by atoms with E-state index in [4.69, 9.17) is 0 Å². The molecule has 2 saturated heterocycles. The number of hydrogen-bond acceptors (Lipinski definition) is 2. The van der Waals surface area contributed by atoms with Crippen molar-refractivity contribution in [2.75, 3.05) is 19.6 Å². The second kappa shape index (κ2) is 4.39. The summed E-state index contributed by atoms with van der Waals surface area (Å²) >= 11 is 0. The van der Waals surface area contributed by atoms with Gasteiger partial charge in [-0.05, 0) is 25.4 Å². The molecule has 2 unspecified atom stereocenters. The van der Waals surface area contributed by atoms with E-state index in [-0.39, 0.29) is 24.8 Å². The molecule has 2 aliphatic rings. The molecule has 2 N–H and O–H groups in total. The summed E-state index contributed by atoms with van der Waals surface area (Å²) < 4.78 is 0. The third-order valence-electron chi connectivity index (χ3n) is 2.26. The Labute approximate surface area is 74.0 Å². The van der Waals surface area contributed by atoms with Gasteiger partial charge in [0.15, 0.2) is 0 Å². The van der Waals surface area contributed by atoms with Gasteiger partial charge in [-0.15, -0.1) is 24.8 Å². The second-order valence-electron chi connectivity index (χ2n) is 2.77. The van der Waals surface area contributed by atoms with Gasteiger partial charge in [0.05, 0.1) is 0 Å². The lowest BCUT2D eigenvalue weighted by Gasteiger charge is -2.03. The van der Waals surface area contributed by atoms with E-state index in [0.717, 1.165) is 12.0 Å². The molecule has 0 amide bonds. The van der Waals surface area contributed by atoms with Crippen LogP contribution in [-0.4, -0.2) is 25.7 Å². The zero-order chi connectivity index (χ0) is 5.40. The molecule has 2 fully saturated rings. The summed E-state index contributed by atoms with van der Waals surface area (Å²) in [6, 6.07) is 0.815. The molecule has 62 valence electrons. The minimum Gasteiger partial charge on any atom is -0.315 e. The Morgan fingerprint density at radius 2 is 1.90 bits per heavy atom. The van der Waals surface area contributed by atoms with Gasteiger partial charge in [0.2, 0.25) is 0 Å². The molecule has 0 aromatic heterocycles. The summed E-state index contributed by atoms with van der Waals surface area (Å²) in [6.45, 7) is 3.69. The van der Waals surface area contributed by atoms with E-state index in [0.29, 0.717) is 0 Å². The van der Waals surface area contributed by atoms with Crippen LogP contribution in [0.2, 0.25) is 0 Å². The van der Waals surface area contributed by atoms with Gasteiger partial charge >= 0.3 is 0 Å². The first-order chi connectivity index (χ1) is 3.97. The van der Waals surface area contributed by atoms with Gasteiger partial charge in [-0.2, -0.15) is 0 Å². The smallest absolute Gasteiger partial charge is 0.0233 e. The van der Waals surface area contributed by atoms with Crippen molar-refractivity contribution in [2.45, 2.75) is 12.5 Å². The zero-order valence-electron chi connectivity index (χ0n) is 5.80. The van der Waals surface area contributed by atoms with Gasteiger partial charge in [-0.3, -0.25) is 0 Å². The summed E-state index contributed by atoms with van der Waals surface area (Å²) in [5.74, 6) is 0.954. The topological polar surface area (TPSA) is 24.1 Å². The maximum Gasteiger partial charge on any atom is 0.0233 e. The highest BCUT2D eigenvalue weighted by atomic mass is 35.5. The monoisotopic (exact) mass is 184 g/mol. The summed E-state index contributed by atoms with van der Waals surface area (Å²) in [6.07, 6.45) is 1.39. The summed E-state index contributed by atoms with van der Waals surface area (Å²) in [7, 11) is 0. The fraction of sp³-hybridized carbons (Fsp3) is 1.00. The molecule has 2 atom stereocenters. The van der Waals surface area contributed by atoms with Crippen LogP contribution in [0.15, 0.2) is 0 Å². The first kappa shape index (κ1) is 10.5. The molecule has 0 aromatic rings. The Balaban J connectivity index is 0.000000405. The molecule has 10 heavy (non-hydrogen) atoms. The van der Waals surface area contributed by atoms with Gasteiger partial charge in [0, 0.05) is 12.6 Å². The number of nitrogens with one attached hydrogen (secondary N) is 2. The van der Waals surface area contributed by atoms with Crippen molar-refractivity contribution in [3.05, 3.63) is 0 Å². The van der Waals surface area contributed by atoms with Crippen LogP contribution < -0.4 is 10.6 Å². The first-order valence-electron chi connectivity index (χ1n) is 3.41. The molecule has 2 nitrogen and oxygen atoms in total. The van der Waals surface area contributed by atoms with Crippen molar-refractivity contribution in [2.24, 2.45) is 5.92 Å². The van der Waals surface area contributed by atoms with Crippen LogP contribution in [0.5, 0.6) is 0 Å². The van der Waals surface area contributed by atoms with Gasteiger partial charge in [-0.25, -0.2) is 0 Å². The third-order valence-corrected chi connectivity index (χ3v) is 2.26. The summed E-state index contributed by atoms with van der Waals surface area (Å²) in [4.78, 5) is 0. The Morgan fingerprint density at radius 1 is 1.10 bits per heavy atom. The average molecular weight is 185 g/mol. The standard InChI is InChI=1S/C6H12N2.2ClH/c1-2-8-6-4-7-3-5(1)6;;/h5-8H,1-4H2;2*1H. The van der Waals surface area contributed by atoms with Gasteiger partial charge in [0.25, 0.3) is 0 Å². The Kier molecular flexibility index (Phi) is 4.61. The average Bonchev–Trinajstić information content (AvgIpc) is 2.15. The van der Waals surface area contributed by atoms with Crippen LogP contribution in [0.1, 0.15) is 6.42 Å². The van der Waals surface area contributed by atoms with E-state index in [1.165, 1.54) is 26.1 Å². The van der Waals surface area contributed by atoms with Crippen LogP contribution in [0.3, 0.4) is 0 Å². The molecule has 0 spiro atoms. The van der Waals surface area contributed by atoms with E-state index in [2.05, 4.69) is 10.6 Å². The van der Waals surface area contributed by atoms with Crippen molar-refractivity contribution < 1.29 is 0 Å². The molecule has 2 heterocycles. The highest BCUT2D eigenvalue weighted by molar-refractivity contribution is 5.85. The molecule has 4 heteroatoms. The van der Waals surface area contributed by atoms with Gasteiger partial charge in [0.1, 0.15) is 0 Å². The maximum absolute atomic E-state index is 3.46. The van der Waals surface area contributed by atoms with Crippen LogP contribution in [0, 0.1) is 5.92 Å². The van der Waals surface area contributed by atoms with Crippen molar-refractivity contribution in [1.29, 1.82) is 0 Å². The Bertz CT molecular complexity index is 79.7. The molecular weight excluding hydrogens is 171 g/mol. The minimum atomic E-state index is 0. The van der Waals surface area contributed by atoms with Crippen LogP contribution in [0.4, 0.5) is 0 Å². The predicted molar refractivity (Wildman–Crippen MR) is 47.3 cm³/mol. The number of halogens is 2. The highest BCUT2D eigenvalue weighted by Gasteiger charge is 2.30. The third kappa shape index (κ3) is 1.76. The quantitative estimate of drug-likeness (QED) is 0.571. The van der Waals surface area contributed by atoms with Crippen molar-refractivity contribution in [1.82, 2.24) is 10.6 Å². The lowest BCUT2D eigenvalue weighted by atomic mass is 10.1. The minimum absolute atomic E-state index is 0. The van der Waals surface area contributed by atoms with Crippen LogP contribution in [-0.2, 0) is 0 Å². The molecule has 0 aliphatic carbocycles. The SMILES string of the molecule is C1CC2CNCC2N1.Cl.Cl. The molecule has 2 rings (SSSR count). The van der Waals surface area contributed by atoms with E-state index in [9.17, 15) is 0 Å². The predicted octanol–water partition coefficient (Wildman–Crippen LogP) is 0.411. The van der Waals surface area contributed by atoms with Crippen molar-refractivity contribution >= 4 is 24.8 Å². The van der Waals surface area contributed by atoms with Gasteiger partial charge in [-0.1, -0.05) is 0 Å². The fourth-order valence-electron chi connectivity index (χ4n) is 1.73. The molecular formula is C6H14Cl2N2. The van der Waals surface area contributed by atoms with Crippen molar-refractivity contribution in [3.63, 3.8) is 0 Å². The molecule has 0 radical (unpaired) electrons. The first-order valence-corrected chi connectivity index (χ1v) is 3.41. The summed E-state index contributed by atoms with van der Waals surface area (Å²) in [5, 5.41) is 6.82. The van der Waals surface area contributed by atoms with Crippen LogP contribution >= 0.6 is 24.8 Å². The van der Waals surface area contributed by atoms with Gasteiger partial charge < -0.3 is 10.6 Å². The summed E-state index contributed by atoms with van der Waals surface area (Å²) in [5.41, 5.74) is 0. The molecule has 0 bridgehead atoms. The fourth-order valence-corrected chi connectivity index (χ4v) is 1.73. The lowest BCUT2D eigenvalue weighted by molar-refractivity contribution is 0.555. The highest BCUT2D eigenvalue weighted by Crippen LogP contribution is 2.17. The molecule has 0 aromatic carbocycles.